The van der Waals surface area contributed by atoms with Crippen molar-refractivity contribution in [1.82, 2.24) is 15.2 Å². The first-order chi connectivity index (χ1) is 13.5. The van der Waals surface area contributed by atoms with Crippen molar-refractivity contribution < 1.29 is 14.6 Å². The van der Waals surface area contributed by atoms with Gasteiger partial charge in [-0.05, 0) is 55.8 Å². The van der Waals surface area contributed by atoms with Gasteiger partial charge in [-0.2, -0.15) is 10.2 Å². The molecule has 1 heterocycles. The van der Waals surface area contributed by atoms with Crippen LogP contribution in [-0.4, -0.2) is 34.1 Å². The fourth-order valence-electron chi connectivity index (χ4n) is 2.76. The normalized spacial score (nSPS) is 11.0. The predicted molar refractivity (Wildman–Crippen MR) is 107 cm³/mol. The number of nitrogens with zero attached hydrogens (tertiary/aromatic N) is 3. The highest BCUT2D eigenvalue weighted by atomic mass is 16.5. The summed E-state index contributed by atoms with van der Waals surface area (Å²) >= 11 is 0. The highest BCUT2D eigenvalue weighted by Gasteiger charge is 2.06. The number of rotatable bonds is 6. The summed E-state index contributed by atoms with van der Waals surface area (Å²) in [5.74, 6) is 0.299. The lowest BCUT2D eigenvalue weighted by molar-refractivity contribution is 0.0955. The number of methoxy groups -OCH3 is 1. The van der Waals surface area contributed by atoms with Gasteiger partial charge >= 0.3 is 0 Å². The lowest BCUT2D eigenvalue weighted by atomic mass is 10.1. The Labute approximate surface area is 163 Å². The van der Waals surface area contributed by atoms with Crippen molar-refractivity contribution in [2.45, 2.75) is 20.4 Å². The Hall–Kier alpha value is -3.61. The van der Waals surface area contributed by atoms with Crippen LogP contribution in [-0.2, 0) is 6.54 Å². The van der Waals surface area contributed by atoms with E-state index in [2.05, 4.69) is 15.6 Å². The maximum Gasteiger partial charge on any atom is 0.271 e. The fourth-order valence-corrected chi connectivity index (χ4v) is 2.76. The van der Waals surface area contributed by atoms with Crippen LogP contribution in [0.1, 0.15) is 32.9 Å². The number of hydrogen-bond acceptors (Lipinski definition) is 5. The smallest absolute Gasteiger partial charge is 0.271 e. The Balaban J connectivity index is 1.62. The van der Waals surface area contributed by atoms with Gasteiger partial charge in [0.25, 0.3) is 5.91 Å². The van der Waals surface area contributed by atoms with E-state index in [0.29, 0.717) is 23.4 Å². The summed E-state index contributed by atoms with van der Waals surface area (Å²) in [4.78, 5) is 12.2. The van der Waals surface area contributed by atoms with Gasteiger partial charge < -0.3 is 9.84 Å². The summed E-state index contributed by atoms with van der Waals surface area (Å²) < 4.78 is 7.03. The number of carbonyl (C=O) groups excluding carboxylic acids is 1. The molecule has 0 saturated heterocycles. The first-order valence-electron chi connectivity index (χ1n) is 8.76. The molecule has 2 N–H and O–H groups in total. The van der Waals surface area contributed by atoms with E-state index in [0.717, 1.165) is 17.0 Å². The van der Waals surface area contributed by atoms with E-state index in [9.17, 15) is 9.90 Å². The van der Waals surface area contributed by atoms with Gasteiger partial charge in [0.15, 0.2) is 0 Å². The molecule has 7 heteroatoms. The van der Waals surface area contributed by atoms with Crippen LogP contribution in [0, 0.1) is 13.8 Å². The van der Waals surface area contributed by atoms with Crippen molar-refractivity contribution in [3.8, 4) is 11.5 Å². The van der Waals surface area contributed by atoms with Gasteiger partial charge in [0.2, 0.25) is 0 Å². The largest absolute Gasteiger partial charge is 0.507 e. The molecule has 2 aromatic carbocycles. The average Bonchev–Trinajstić information content (AvgIpc) is 3.00. The number of nitrogens with one attached hydrogen (secondary N) is 1. The molecular formula is C21H22N4O3. The van der Waals surface area contributed by atoms with Crippen LogP contribution >= 0.6 is 0 Å². The Morgan fingerprint density at radius 3 is 2.61 bits per heavy atom. The molecule has 0 radical (unpaired) electrons. The van der Waals surface area contributed by atoms with E-state index in [1.54, 1.807) is 24.3 Å². The Morgan fingerprint density at radius 1 is 1.21 bits per heavy atom. The van der Waals surface area contributed by atoms with Gasteiger partial charge in [-0.15, -0.1) is 0 Å². The van der Waals surface area contributed by atoms with Crippen LogP contribution in [0.4, 0.5) is 0 Å². The molecule has 0 aliphatic rings. The molecule has 0 bridgehead atoms. The first-order valence-corrected chi connectivity index (χ1v) is 8.76. The molecule has 1 aromatic heterocycles. The zero-order chi connectivity index (χ0) is 20.1. The topological polar surface area (TPSA) is 88.7 Å². The van der Waals surface area contributed by atoms with E-state index in [-0.39, 0.29) is 11.7 Å². The van der Waals surface area contributed by atoms with Crippen LogP contribution in [0.25, 0.3) is 0 Å². The average molecular weight is 378 g/mol. The fraction of sp³-hybridized carbons (Fsp3) is 0.190. The highest BCUT2D eigenvalue weighted by molar-refractivity contribution is 5.95. The zero-order valence-corrected chi connectivity index (χ0v) is 16.0. The van der Waals surface area contributed by atoms with Crippen molar-refractivity contribution in [2.24, 2.45) is 5.10 Å². The van der Waals surface area contributed by atoms with E-state index < -0.39 is 0 Å². The van der Waals surface area contributed by atoms with Crippen molar-refractivity contribution in [3.63, 3.8) is 0 Å². The summed E-state index contributed by atoms with van der Waals surface area (Å²) in [7, 11) is 1.54. The van der Waals surface area contributed by atoms with Gasteiger partial charge in [0.1, 0.15) is 11.5 Å². The molecule has 0 spiro atoms. The van der Waals surface area contributed by atoms with Gasteiger partial charge in [-0.25, -0.2) is 5.43 Å². The van der Waals surface area contributed by atoms with Crippen LogP contribution < -0.4 is 10.2 Å². The lowest BCUT2D eigenvalue weighted by Gasteiger charge is -2.06. The summed E-state index contributed by atoms with van der Waals surface area (Å²) in [6, 6.07) is 14.1. The number of aromatic nitrogens is 2. The number of carbonyl (C=O) groups is 1. The third-order valence-electron chi connectivity index (χ3n) is 4.26. The van der Waals surface area contributed by atoms with Crippen molar-refractivity contribution in [2.75, 3.05) is 7.11 Å². The first kappa shape index (κ1) is 19.2. The van der Waals surface area contributed by atoms with E-state index in [4.69, 9.17) is 4.74 Å². The second kappa shape index (κ2) is 8.39. The molecule has 144 valence electrons. The van der Waals surface area contributed by atoms with E-state index in [1.807, 2.05) is 36.7 Å². The minimum atomic E-state index is -0.337. The second-order valence-electron chi connectivity index (χ2n) is 6.41. The number of phenols is 1. The molecule has 0 aliphatic heterocycles. The number of phenolic OH excluding ortho intramolecular Hbond substituents is 1. The standard InChI is InChI=1S/C21H22N4O3/c1-14-10-15(2)25(24-14)13-16-4-6-17(7-5-16)21(27)23-22-12-18-11-19(28-3)8-9-20(18)26/h4-12,26H,13H2,1-3H3,(H,23,27). The van der Waals surface area contributed by atoms with Gasteiger partial charge in [-0.1, -0.05) is 12.1 Å². The van der Waals surface area contributed by atoms with Gasteiger partial charge in [0.05, 0.1) is 25.6 Å². The maximum atomic E-state index is 12.2. The van der Waals surface area contributed by atoms with Crippen molar-refractivity contribution in [3.05, 3.63) is 76.6 Å². The Kier molecular flexibility index (Phi) is 5.74. The second-order valence-corrected chi connectivity index (χ2v) is 6.41. The molecule has 1 amide bonds. The third kappa shape index (κ3) is 4.56. The van der Waals surface area contributed by atoms with Crippen LogP contribution in [0.3, 0.4) is 0 Å². The van der Waals surface area contributed by atoms with Crippen molar-refractivity contribution >= 4 is 12.1 Å². The monoisotopic (exact) mass is 378 g/mol. The molecular weight excluding hydrogens is 356 g/mol. The van der Waals surface area contributed by atoms with Gasteiger partial charge in [0, 0.05) is 16.8 Å². The molecule has 0 saturated carbocycles. The van der Waals surface area contributed by atoms with Crippen molar-refractivity contribution in [1.29, 1.82) is 0 Å². The van der Waals surface area contributed by atoms with Gasteiger partial charge in [-0.3, -0.25) is 9.48 Å². The molecule has 3 rings (SSSR count). The number of ether oxygens (including phenoxy) is 1. The minimum Gasteiger partial charge on any atom is -0.507 e. The van der Waals surface area contributed by atoms with Crippen LogP contribution in [0.15, 0.2) is 53.6 Å². The van der Waals surface area contributed by atoms with E-state index in [1.165, 1.54) is 19.4 Å². The molecule has 0 fully saturated rings. The van der Waals surface area contributed by atoms with Crippen LogP contribution in [0.5, 0.6) is 11.5 Å². The molecule has 28 heavy (non-hydrogen) atoms. The quantitative estimate of drug-likeness (QED) is 0.510. The lowest BCUT2D eigenvalue weighted by Crippen LogP contribution is -2.17. The van der Waals surface area contributed by atoms with Crippen LogP contribution in [0.2, 0.25) is 0 Å². The summed E-state index contributed by atoms with van der Waals surface area (Å²) in [6.07, 6.45) is 1.37. The Bertz CT molecular complexity index is 1010. The molecule has 3 aromatic rings. The maximum absolute atomic E-state index is 12.2. The zero-order valence-electron chi connectivity index (χ0n) is 16.0. The predicted octanol–water partition coefficient (Wildman–Crippen LogP) is 3.03. The third-order valence-corrected chi connectivity index (χ3v) is 4.26. The summed E-state index contributed by atoms with van der Waals surface area (Å²) in [5.41, 5.74) is 6.51. The highest BCUT2D eigenvalue weighted by Crippen LogP contribution is 2.21. The molecule has 0 aliphatic carbocycles. The number of hydrazone groups is 1. The number of hydrogen-bond donors (Lipinski definition) is 2. The van der Waals surface area contributed by atoms with E-state index >= 15 is 0 Å². The SMILES string of the molecule is COc1ccc(O)c(C=NNC(=O)c2ccc(Cn3nc(C)cc3C)cc2)c1. The molecule has 0 atom stereocenters. The number of aryl methyl sites for hydroxylation is 2. The minimum absolute atomic E-state index is 0.0484. The summed E-state index contributed by atoms with van der Waals surface area (Å²) in [6.45, 7) is 4.62. The number of benzene rings is 2. The molecule has 7 nitrogen and oxygen atoms in total. The number of aromatic hydroxyl groups is 1. The molecule has 0 unspecified atom stereocenters. The summed E-state index contributed by atoms with van der Waals surface area (Å²) in [5, 5.41) is 18.2. The Morgan fingerprint density at radius 2 is 1.96 bits per heavy atom. The number of amides is 1.